The number of rotatable bonds is 4. The molecular weight excluding hydrogens is 305 g/mol. The van der Waals surface area contributed by atoms with Crippen LogP contribution < -0.4 is 5.32 Å². The molecule has 0 saturated heterocycles. The molecule has 0 aliphatic heterocycles. The molecule has 0 atom stereocenters. The predicted octanol–water partition coefficient (Wildman–Crippen LogP) is 3.51. The van der Waals surface area contributed by atoms with Crippen LogP contribution in [0.1, 0.15) is 22.6 Å². The summed E-state index contributed by atoms with van der Waals surface area (Å²) in [6.07, 6.45) is 3.37. The van der Waals surface area contributed by atoms with E-state index in [0.717, 1.165) is 17.0 Å². The Kier molecular flexibility index (Phi) is 4.25. The van der Waals surface area contributed by atoms with Crippen molar-refractivity contribution in [2.24, 2.45) is 0 Å². The molecule has 0 unspecified atom stereocenters. The third-order valence-electron chi connectivity index (χ3n) is 3.77. The molecule has 2 heterocycles. The Hall–Kier alpha value is -3.20. The second kappa shape index (κ2) is 6.50. The van der Waals surface area contributed by atoms with E-state index in [1.807, 2.05) is 26.0 Å². The number of nitrogens with zero attached hydrogens (tertiary/aromatic N) is 4. The van der Waals surface area contributed by atoms with Crippen LogP contribution in [-0.2, 0) is 6.54 Å². The zero-order valence-corrected chi connectivity index (χ0v) is 13.4. The SMILES string of the molecule is Cc1ccc(NCc2ccc(-n3ccnc3C)c(F)c2)nc1C#N. The van der Waals surface area contributed by atoms with E-state index in [0.29, 0.717) is 23.7 Å². The predicted molar refractivity (Wildman–Crippen MR) is 89.3 cm³/mol. The van der Waals surface area contributed by atoms with Gasteiger partial charge in [-0.2, -0.15) is 5.26 Å². The van der Waals surface area contributed by atoms with Gasteiger partial charge in [0.1, 0.15) is 29.2 Å². The zero-order valence-electron chi connectivity index (χ0n) is 13.4. The van der Waals surface area contributed by atoms with Crippen molar-refractivity contribution in [3.05, 3.63) is 71.2 Å². The molecule has 24 heavy (non-hydrogen) atoms. The lowest BCUT2D eigenvalue weighted by Gasteiger charge is -2.10. The van der Waals surface area contributed by atoms with Gasteiger partial charge in [-0.05, 0) is 43.2 Å². The van der Waals surface area contributed by atoms with Gasteiger partial charge in [0, 0.05) is 18.9 Å². The van der Waals surface area contributed by atoms with E-state index >= 15 is 0 Å². The first-order valence-corrected chi connectivity index (χ1v) is 7.49. The number of nitriles is 1. The van der Waals surface area contributed by atoms with Gasteiger partial charge >= 0.3 is 0 Å². The molecule has 0 aliphatic carbocycles. The normalized spacial score (nSPS) is 10.4. The van der Waals surface area contributed by atoms with Gasteiger partial charge in [0.15, 0.2) is 0 Å². The number of aromatic nitrogens is 3. The summed E-state index contributed by atoms with van der Waals surface area (Å²) in [5.41, 5.74) is 2.47. The van der Waals surface area contributed by atoms with E-state index in [4.69, 9.17) is 5.26 Å². The first kappa shape index (κ1) is 15.7. The maximum absolute atomic E-state index is 14.4. The van der Waals surface area contributed by atoms with Crippen molar-refractivity contribution in [3.63, 3.8) is 0 Å². The molecule has 0 bridgehead atoms. The van der Waals surface area contributed by atoms with E-state index in [9.17, 15) is 4.39 Å². The first-order chi connectivity index (χ1) is 11.6. The van der Waals surface area contributed by atoms with Gasteiger partial charge in [0.05, 0.1) is 5.69 Å². The molecule has 6 heteroatoms. The van der Waals surface area contributed by atoms with Crippen molar-refractivity contribution in [2.75, 3.05) is 5.32 Å². The molecule has 0 spiro atoms. The quantitative estimate of drug-likeness (QED) is 0.798. The van der Waals surface area contributed by atoms with Crippen LogP contribution in [0.3, 0.4) is 0 Å². The summed E-state index contributed by atoms with van der Waals surface area (Å²) >= 11 is 0. The monoisotopic (exact) mass is 321 g/mol. The molecule has 2 aromatic heterocycles. The minimum Gasteiger partial charge on any atom is -0.366 e. The lowest BCUT2D eigenvalue weighted by molar-refractivity contribution is 0.614. The number of anilines is 1. The fraction of sp³-hybridized carbons (Fsp3) is 0.167. The van der Waals surface area contributed by atoms with Gasteiger partial charge in [-0.25, -0.2) is 14.4 Å². The number of hydrogen-bond donors (Lipinski definition) is 1. The van der Waals surface area contributed by atoms with Gasteiger partial charge in [0.25, 0.3) is 0 Å². The van der Waals surface area contributed by atoms with Crippen LogP contribution in [0.4, 0.5) is 10.2 Å². The van der Waals surface area contributed by atoms with Crippen molar-refractivity contribution >= 4 is 5.82 Å². The van der Waals surface area contributed by atoms with Crippen LogP contribution >= 0.6 is 0 Å². The van der Waals surface area contributed by atoms with Crippen LogP contribution in [0.25, 0.3) is 5.69 Å². The molecule has 3 aromatic rings. The maximum Gasteiger partial charge on any atom is 0.147 e. The number of hydrogen-bond acceptors (Lipinski definition) is 4. The number of benzene rings is 1. The Morgan fingerprint density at radius 2 is 2.08 bits per heavy atom. The summed E-state index contributed by atoms with van der Waals surface area (Å²) in [4.78, 5) is 8.32. The highest BCUT2D eigenvalue weighted by Crippen LogP contribution is 2.18. The Balaban J connectivity index is 1.76. The molecular formula is C18H16FN5. The van der Waals surface area contributed by atoms with E-state index in [1.165, 1.54) is 6.07 Å². The first-order valence-electron chi connectivity index (χ1n) is 7.49. The summed E-state index contributed by atoms with van der Waals surface area (Å²) in [7, 11) is 0. The van der Waals surface area contributed by atoms with Crippen LogP contribution in [-0.4, -0.2) is 14.5 Å². The zero-order chi connectivity index (χ0) is 17.1. The van der Waals surface area contributed by atoms with E-state index < -0.39 is 0 Å². The number of nitrogens with one attached hydrogen (secondary N) is 1. The summed E-state index contributed by atoms with van der Waals surface area (Å²) in [5.74, 6) is 1.00. The molecule has 0 radical (unpaired) electrons. The molecule has 120 valence electrons. The van der Waals surface area contributed by atoms with Crippen LogP contribution in [0.15, 0.2) is 42.7 Å². The Morgan fingerprint density at radius 3 is 2.75 bits per heavy atom. The summed E-state index contributed by atoms with van der Waals surface area (Å²) in [6.45, 7) is 4.08. The minimum absolute atomic E-state index is 0.315. The summed E-state index contributed by atoms with van der Waals surface area (Å²) in [5, 5.41) is 12.1. The van der Waals surface area contributed by atoms with E-state index in [-0.39, 0.29) is 5.82 Å². The second-order valence-electron chi connectivity index (χ2n) is 5.46. The average molecular weight is 321 g/mol. The molecule has 0 saturated carbocycles. The van der Waals surface area contributed by atoms with E-state index in [1.54, 1.807) is 29.1 Å². The second-order valence-corrected chi connectivity index (χ2v) is 5.46. The number of halogens is 1. The molecule has 0 aliphatic rings. The molecule has 1 aromatic carbocycles. The van der Waals surface area contributed by atoms with Crippen molar-refractivity contribution in [1.29, 1.82) is 5.26 Å². The minimum atomic E-state index is -0.315. The fourth-order valence-electron chi connectivity index (χ4n) is 2.42. The highest BCUT2D eigenvalue weighted by molar-refractivity contribution is 5.44. The lowest BCUT2D eigenvalue weighted by Crippen LogP contribution is -2.05. The van der Waals surface area contributed by atoms with Crippen molar-refractivity contribution < 1.29 is 4.39 Å². The standard InChI is InChI=1S/C18H16FN5/c1-12-3-6-18(23-16(12)10-20)22-11-14-4-5-17(15(19)9-14)24-8-7-21-13(24)2/h3-9H,11H2,1-2H3,(H,22,23). The molecule has 1 N–H and O–H groups in total. The molecule has 0 fully saturated rings. The van der Waals surface area contributed by atoms with Crippen LogP contribution in [0.5, 0.6) is 0 Å². The summed E-state index contributed by atoms with van der Waals surface area (Å²) in [6, 6.07) is 10.8. The van der Waals surface area contributed by atoms with E-state index in [2.05, 4.69) is 21.4 Å². The van der Waals surface area contributed by atoms with Crippen molar-refractivity contribution in [1.82, 2.24) is 14.5 Å². The van der Waals surface area contributed by atoms with Gasteiger partial charge in [-0.1, -0.05) is 12.1 Å². The Morgan fingerprint density at radius 1 is 1.25 bits per heavy atom. The summed E-state index contributed by atoms with van der Waals surface area (Å²) < 4.78 is 16.1. The maximum atomic E-state index is 14.4. The van der Waals surface area contributed by atoms with Gasteiger partial charge in [0.2, 0.25) is 0 Å². The topological polar surface area (TPSA) is 66.5 Å². The van der Waals surface area contributed by atoms with Crippen LogP contribution in [0.2, 0.25) is 0 Å². The number of imidazole rings is 1. The third-order valence-corrected chi connectivity index (χ3v) is 3.77. The highest BCUT2D eigenvalue weighted by Gasteiger charge is 2.08. The Bertz CT molecular complexity index is 923. The molecule has 0 amide bonds. The van der Waals surface area contributed by atoms with Gasteiger partial charge < -0.3 is 9.88 Å². The fourth-order valence-corrected chi connectivity index (χ4v) is 2.42. The third kappa shape index (κ3) is 3.10. The smallest absolute Gasteiger partial charge is 0.147 e. The van der Waals surface area contributed by atoms with Crippen LogP contribution in [0, 0.1) is 31.0 Å². The van der Waals surface area contributed by atoms with Crippen molar-refractivity contribution in [2.45, 2.75) is 20.4 Å². The Labute approximate surface area is 139 Å². The molecule has 3 rings (SSSR count). The van der Waals surface area contributed by atoms with Gasteiger partial charge in [-0.15, -0.1) is 0 Å². The lowest BCUT2D eigenvalue weighted by atomic mass is 10.2. The van der Waals surface area contributed by atoms with Crippen molar-refractivity contribution in [3.8, 4) is 11.8 Å². The molecule has 5 nitrogen and oxygen atoms in total. The number of aryl methyl sites for hydroxylation is 2. The van der Waals surface area contributed by atoms with Gasteiger partial charge in [-0.3, -0.25) is 0 Å². The average Bonchev–Trinajstić information content (AvgIpc) is 3.00. The highest BCUT2D eigenvalue weighted by atomic mass is 19.1. The number of pyridine rings is 1. The largest absolute Gasteiger partial charge is 0.366 e.